The molecule has 2 heterocycles. The zero-order valence-electron chi connectivity index (χ0n) is 40.8. The van der Waals surface area contributed by atoms with Crippen LogP contribution in [0.3, 0.4) is 0 Å². The number of hydrogen-bond donors (Lipinski definition) is 0. The average Bonchev–Trinajstić information content (AvgIpc) is 3.24. The smallest absolute Gasteiger partial charge is 0.157 e. The van der Waals surface area contributed by atoms with Gasteiger partial charge in [0.1, 0.15) is 0 Å². The van der Waals surface area contributed by atoms with Crippen LogP contribution in [0, 0.1) is 82.9 Å². The van der Waals surface area contributed by atoms with E-state index in [1.807, 2.05) is 6.92 Å². The van der Waals surface area contributed by atoms with Gasteiger partial charge in [-0.25, -0.2) is 0 Å². The van der Waals surface area contributed by atoms with Gasteiger partial charge in [-0.1, -0.05) is 177 Å². The minimum absolute atomic E-state index is 0.0210. The molecule has 0 spiro atoms. The molecule has 346 valence electrons. The molecule has 59 heavy (non-hydrogen) atoms. The molecular formula is C55H102O4. The first-order chi connectivity index (χ1) is 28.5. The molecule has 8 aliphatic rings. The average molecular weight is 827 g/mol. The van der Waals surface area contributed by atoms with Crippen molar-refractivity contribution < 1.29 is 18.9 Å². The SMILES string of the molecule is CC1CCC(C2CCC(C)CC2)CC1.CC1CCC(CC2CCC(C)CC2)CC1.CC1CCC(CC2COC(C)OC2)CC1.CC1CCC(CC2OCC(C)CO2)CC1. The molecule has 0 aromatic heterocycles. The van der Waals surface area contributed by atoms with Crippen LogP contribution in [0.15, 0.2) is 0 Å². The van der Waals surface area contributed by atoms with Crippen LogP contribution in [0.4, 0.5) is 0 Å². The van der Waals surface area contributed by atoms with Crippen LogP contribution in [0.2, 0.25) is 0 Å². The third-order valence-corrected chi connectivity index (χ3v) is 17.5. The third-order valence-electron chi connectivity index (χ3n) is 17.5. The highest BCUT2D eigenvalue weighted by molar-refractivity contribution is 4.81. The van der Waals surface area contributed by atoms with Crippen LogP contribution in [0.5, 0.6) is 0 Å². The molecular weight excluding hydrogens is 725 g/mol. The van der Waals surface area contributed by atoms with Gasteiger partial charge in [-0.15, -0.1) is 0 Å². The van der Waals surface area contributed by atoms with E-state index in [2.05, 4.69) is 48.5 Å². The first kappa shape index (κ1) is 49.8. The van der Waals surface area contributed by atoms with Crippen LogP contribution in [-0.4, -0.2) is 39.0 Å². The fourth-order valence-electron chi connectivity index (χ4n) is 12.5. The van der Waals surface area contributed by atoms with E-state index in [9.17, 15) is 0 Å². The maximum absolute atomic E-state index is 5.70. The molecule has 8 fully saturated rings. The van der Waals surface area contributed by atoms with Gasteiger partial charge in [-0.2, -0.15) is 0 Å². The lowest BCUT2D eigenvalue weighted by atomic mass is 9.70. The summed E-state index contributed by atoms with van der Waals surface area (Å²) >= 11 is 0. The molecule has 0 amide bonds. The Morgan fingerprint density at radius 1 is 0.254 bits per heavy atom. The van der Waals surface area contributed by atoms with Gasteiger partial charge in [-0.3, -0.25) is 0 Å². The number of hydrogen-bond acceptors (Lipinski definition) is 4. The Morgan fingerprint density at radius 3 is 0.847 bits per heavy atom. The van der Waals surface area contributed by atoms with Crippen molar-refractivity contribution in [1.82, 2.24) is 0 Å². The predicted molar refractivity (Wildman–Crippen MR) is 250 cm³/mol. The second kappa shape index (κ2) is 27.2. The highest BCUT2D eigenvalue weighted by Gasteiger charge is 2.30. The fourth-order valence-corrected chi connectivity index (χ4v) is 12.5. The second-order valence-electron chi connectivity index (χ2n) is 23.6. The Labute approximate surface area is 368 Å². The fraction of sp³-hybridized carbons (Fsp3) is 1.00. The van der Waals surface area contributed by atoms with Gasteiger partial charge >= 0.3 is 0 Å². The van der Waals surface area contributed by atoms with Crippen molar-refractivity contribution >= 4 is 0 Å². The lowest BCUT2D eigenvalue weighted by Gasteiger charge is -2.36. The lowest BCUT2D eigenvalue weighted by Crippen LogP contribution is -2.32. The van der Waals surface area contributed by atoms with E-state index in [4.69, 9.17) is 18.9 Å². The standard InChI is InChI=1S/C15H28.C14H26.2C13H24O2/c1-12-3-7-14(8-4-12)11-15-9-5-13(2)6-10-15;1-11-3-7-13(8-4-11)14-9-5-12(2)6-10-14;1-10-3-5-12(6-4-10)7-13-8-14-11(2)15-9-13;1-10-3-5-12(6-4-10)7-13-14-8-11(2)9-15-13/h12-15H,3-11H2,1-2H3;11-14H,3-10H2,1-2H3;2*10-13H,3-9H2,1-2H3. The summed E-state index contributed by atoms with van der Waals surface area (Å²) in [5.41, 5.74) is 0. The zero-order valence-corrected chi connectivity index (χ0v) is 40.8. The molecule has 6 saturated carbocycles. The van der Waals surface area contributed by atoms with E-state index in [0.29, 0.717) is 11.8 Å². The molecule has 8 rings (SSSR count). The summed E-state index contributed by atoms with van der Waals surface area (Å²) in [6, 6.07) is 0. The summed E-state index contributed by atoms with van der Waals surface area (Å²) in [7, 11) is 0. The van der Waals surface area contributed by atoms with Gasteiger partial charge in [-0.05, 0) is 116 Å². The van der Waals surface area contributed by atoms with Crippen molar-refractivity contribution in [3.05, 3.63) is 0 Å². The molecule has 0 unspecified atom stereocenters. The van der Waals surface area contributed by atoms with Gasteiger partial charge in [0.25, 0.3) is 0 Å². The largest absolute Gasteiger partial charge is 0.353 e. The van der Waals surface area contributed by atoms with Gasteiger partial charge in [0.05, 0.1) is 26.4 Å². The van der Waals surface area contributed by atoms with E-state index >= 15 is 0 Å². The minimum Gasteiger partial charge on any atom is -0.353 e. The van der Waals surface area contributed by atoms with Crippen molar-refractivity contribution in [1.29, 1.82) is 0 Å². The van der Waals surface area contributed by atoms with Crippen LogP contribution in [0.25, 0.3) is 0 Å². The zero-order chi connectivity index (χ0) is 42.0. The minimum atomic E-state index is 0.0210. The van der Waals surface area contributed by atoms with Crippen molar-refractivity contribution in [2.45, 2.75) is 241 Å². The van der Waals surface area contributed by atoms with Gasteiger partial charge in [0.2, 0.25) is 0 Å². The summed E-state index contributed by atoms with van der Waals surface area (Å²) in [6.07, 6.45) is 39.8. The highest BCUT2D eigenvalue weighted by atomic mass is 16.7. The quantitative estimate of drug-likeness (QED) is 0.256. The van der Waals surface area contributed by atoms with Crippen molar-refractivity contribution in [3.63, 3.8) is 0 Å². The Hall–Kier alpha value is -0.160. The Bertz CT molecular complexity index is 836. The first-order valence-corrected chi connectivity index (χ1v) is 26.9. The van der Waals surface area contributed by atoms with E-state index < -0.39 is 0 Å². The number of rotatable bonds is 7. The monoisotopic (exact) mass is 827 g/mol. The molecule has 0 aromatic rings. The molecule has 6 aliphatic carbocycles. The number of ether oxygens (including phenoxy) is 4. The summed E-state index contributed by atoms with van der Waals surface area (Å²) in [4.78, 5) is 0. The van der Waals surface area contributed by atoms with E-state index in [1.165, 1.54) is 135 Å². The van der Waals surface area contributed by atoms with E-state index in [1.54, 1.807) is 32.1 Å². The molecule has 0 N–H and O–H groups in total. The predicted octanol–water partition coefficient (Wildman–Crippen LogP) is 16.1. The topological polar surface area (TPSA) is 36.9 Å². The summed E-state index contributed by atoms with van der Waals surface area (Å²) in [5.74, 6) is 13.4. The highest BCUT2D eigenvalue weighted by Crippen LogP contribution is 2.42. The molecule has 0 bridgehead atoms. The molecule has 0 radical (unpaired) electrons. The van der Waals surface area contributed by atoms with Crippen molar-refractivity contribution in [2.24, 2.45) is 82.9 Å². The van der Waals surface area contributed by atoms with Crippen LogP contribution in [-0.2, 0) is 18.9 Å². The van der Waals surface area contributed by atoms with Crippen LogP contribution >= 0.6 is 0 Å². The second-order valence-corrected chi connectivity index (χ2v) is 23.6. The Morgan fingerprint density at radius 2 is 0.525 bits per heavy atom. The maximum Gasteiger partial charge on any atom is 0.157 e. The third kappa shape index (κ3) is 19.6. The van der Waals surface area contributed by atoms with Gasteiger partial charge < -0.3 is 18.9 Å². The van der Waals surface area contributed by atoms with Crippen molar-refractivity contribution in [2.75, 3.05) is 26.4 Å². The van der Waals surface area contributed by atoms with E-state index in [0.717, 1.165) is 104 Å². The Balaban J connectivity index is 0.000000150. The Kier molecular flexibility index (Phi) is 23.0. The molecule has 2 saturated heterocycles. The van der Waals surface area contributed by atoms with Crippen molar-refractivity contribution in [3.8, 4) is 0 Å². The van der Waals surface area contributed by atoms with Gasteiger partial charge in [0, 0.05) is 18.3 Å². The van der Waals surface area contributed by atoms with Gasteiger partial charge in [0.15, 0.2) is 12.6 Å². The molecule has 2 aliphatic heterocycles. The summed E-state index contributed by atoms with van der Waals surface area (Å²) in [5, 5.41) is 0. The van der Waals surface area contributed by atoms with E-state index in [-0.39, 0.29) is 12.6 Å². The lowest BCUT2D eigenvalue weighted by molar-refractivity contribution is -0.205. The molecule has 4 nitrogen and oxygen atoms in total. The summed E-state index contributed by atoms with van der Waals surface area (Å²) in [6.45, 7) is 22.2. The maximum atomic E-state index is 5.70. The normalized spacial score (nSPS) is 43.3. The first-order valence-electron chi connectivity index (χ1n) is 26.9. The molecule has 4 heteroatoms. The summed E-state index contributed by atoms with van der Waals surface area (Å²) < 4.78 is 22.5. The van der Waals surface area contributed by atoms with Crippen LogP contribution < -0.4 is 0 Å². The molecule has 0 aromatic carbocycles. The molecule has 0 atom stereocenters. The van der Waals surface area contributed by atoms with Crippen LogP contribution in [0.1, 0.15) is 229 Å².